The molecule has 1 aromatic rings. The van der Waals surface area contributed by atoms with Crippen molar-refractivity contribution in [3.8, 4) is 11.5 Å². The predicted molar refractivity (Wildman–Crippen MR) is 91.1 cm³/mol. The maximum absolute atomic E-state index is 10.9. The second-order valence-corrected chi connectivity index (χ2v) is 8.93. The first kappa shape index (κ1) is 16.2. The molecule has 2 heterocycles. The molecular formula is C20H28O4. The van der Waals surface area contributed by atoms with Crippen molar-refractivity contribution in [1.29, 1.82) is 0 Å². The first-order valence-corrected chi connectivity index (χ1v) is 9.13. The van der Waals surface area contributed by atoms with E-state index in [0.29, 0.717) is 0 Å². The SMILES string of the molecule is CC(C)c1cc2c(c(O)c1O)C13CCCC(C)(C)C1CC2OC3O. The van der Waals surface area contributed by atoms with Crippen LogP contribution in [0.2, 0.25) is 0 Å². The maximum Gasteiger partial charge on any atom is 0.165 e. The predicted octanol–water partition coefficient (Wildman–Crippen LogP) is 4.08. The molecule has 4 heteroatoms. The fourth-order valence-corrected chi connectivity index (χ4v) is 5.76. The van der Waals surface area contributed by atoms with E-state index in [0.717, 1.165) is 42.4 Å². The molecule has 2 aliphatic heterocycles. The van der Waals surface area contributed by atoms with Crippen LogP contribution in [0, 0.1) is 11.3 Å². The van der Waals surface area contributed by atoms with Crippen LogP contribution in [-0.4, -0.2) is 21.6 Å². The van der Waals surface area contributed by atoms with Crippen LogP contribution in [0.4, 0.5) is 0 Å². The first-order chi connectivity index (χ1) is 11.2. The molecule has 2 fully saturated rings. The van der Waals surface area contributed by atoms with Gasteiger partial charge in [0.2, 0.25) is 0 Å². The number of aliphatic hydroxyl groups excluding tert-OH is 1. The minimum atomic E-state index is -0.913. The normalized spacial score (nSPS) is 36.5. The van der Waals surface area contributed by atoms with Crippen molar-refractivity contribution < 1.29 is 20.1 Å². The van der Waals surface area contributed by atoms with Crippen LogP contribution >= 0.6 is 0 Å². The van der Waals surface area contributed by atoms with Gasteiger partial charge in [-0.15, -0.1) is 0 Å². The van der Waals surface area contributed by atoms with E-state index in [1.807, 2.05) is 19.9 Å². The standard InChI is InChI=1S/C20H28O4/c1-10(2)11-8-12-13-9-14-19(3,4)6-5-7-20(14,18(23)24-13)15(12)17(22)16(11)21/h8,10,13-14,18,21-23H,5-7,9H2,1-4H3. The molecule has 0 aromatic heterocycles. The smallest absolute Gasteiger partial charge is 0.165 e. The number of fused-ring (bicyclic) bond motifs is 1. The first-order valence-electron chi connectivity index (χ1n) is 9.13. The molecule has 4 aliphatic rings. The highest BCUT2D eigenvalue weighted by atomic mass is 16.6. The molecule has 0 radical (unpaired) electrons. The summed E-state index contributed by atoms with van der Waals surface area (Å²) in [7, 11) is 0. The molecule has 132 valence electrons. The fourth-order valence-electron chi connectivity index (χ4n) is 5.76. The van der Waals surface area contributed by atoms with E-state index in [1.165, 1.54) is 0 Å². The van der Waals surface area contributed by atoms with Gasteiger partial charge in [-0.25, -0.2) is 0 Å². The van der Waals surface area contributed by atoms with Crippen molar-refractivity contribution in [2.24, 2.45) is 11.3 Å². The van der Waals surface area contributed by atoms with E-state index in [1.54, 1.807) is 0 Å². The van der Waals surface area contributed by atoms with Gasteiger partial charge in [-0.3, -0.25) is 0 Å². The number of benzene rings is 1. The van der Waals surface area contributed by atoms with Crippen LogP contribution in [0.3, 0.4) is 0 Å². The summed E-state index contributed by atoms with van der Waals surface area (Å²) in [5.74, 6) is 0.295. The number of phenolic OH excluding ortho intramolecular Hbond substituents is 2. The lowest BCUT2D eigenvalue weighted by molar-refractivity contribution is -0.265. The third-order valence-electron chi connectivity index (χ3n) is 6.93. The Labute approximate surface area is 143 Å². The molecule has 2 bridgehead atoms. The Morgan fingerprint density at radius 1 is 1.17 bits per heavy atom. The number of hydrogen-bond donors (Lipinski definition) is 3. The molecule has 4 unspecified atom stereocenters. The van der Waals surface area contributed by atoms with E-state index in [2.05, 4.69) is 13.8 Å². The van der Waals surface area contributed by atoms with E-state index in [9.17, 15) is 15.3 Å². The highest BCUT2D eigenvalue weighted by Gasteiger charge is 2.63. The van der Waals surface area contributed by atoms with Crippen LogP contribution in [0.15, 0.2) is 6.07 Å². The summed E-state index contributed by atoms with van der Waals surface area (Å²) in [6.45, 7) is 8.51. The molecule has 1 aromatic carbocycles. The van der Waals surface area contributed by atoms with Gasteiger partial charge in [0.25, 0.3) is 0 Å². The Kier molecular flexibility index (Phi) is 3.30. The molecule has 1 saturated carbocycles. The zero-order valence-corrected chi connectivity index (χ0v) is 15.0. The Bertz CT molecular complexity index is 693. The number of rotatable bonds is 1. The van der Waals surface area contributed by atoms with E-state index in [4.69, 9.17) is 4.74 Å². The van der Waals surface area contributed by atoms with Gasteiger partial charge in [-0.2, -0.15) is 0 Å². The average Bonchev–Trinajstić information content (AvgIpc) is 2.50. The van der Waals surface area contributed by atoms with Crippen LogP contribution < -0.4 is 0 Å². The van der Waals surface area contributed by atoms with Crippen molar-refractivity contribution in [1.82, 2.24) is 0 Å². The lowest BCUT2D eigenvalue weighted by Crippen LogP contribution is -2.61. The molecule has 1 saturated heterocycles. The maximum atomic E-state index is 10.9. The van der Waals surface area contributed by atoms with Gasteiger partial charge >= 0.3 is 0 Å². The van der Waals surface area contributed by atoms with Gasteiger partial charge in [0.15, 0.2) is 17.8 Å². The summed E-state index contributed by atoms with van der Waals surface area (Å²) >= 11 is 0. The Morgan fingerprint density at radius 2 is 1.88 bits per heavy atom. The van der Waals surface area contributed by atoms with Crippen LogP contribution in [0.25, 0.3) is 0 Å². The minimum Gasteiger partial charge on any atom is -0.504 e. The van der Waals surface area contributed by atoms with Gasteiger partial charge in [0, 0.05) is 11.1 Å². The van der Waals surface area contributed by atoms with Crippen molar-refractivity contribution in [2.45, 2.75) is 77.1 Å². The number of aliphatic hydroxyl groups is 1. The quantitative estimate of drug-likeness (QED) is 0.678. The second kappa shape index (κ2) is 4.89. The van der Waals surface area contributed by atoms with Gasteiger partial charge in [-0.1, -0.05) is 34.1 Å². The summed E-state index contributed by atoms with van der Waals surface area (Å²) in [6, 6.07) is 1.99. The fraction of sp³-hybridized carbons (Fsp3) is 0.700. The molecule has 2 aliphatic carbocycles. The average molecular weight is 332 g/mol. The lowest BCUT2D eigenvalue weighted by Gasteiger charge is -2.62. The van der Waals surface area contributed by atoms with Crippen molar-refractivity contribution in [3.63, 3.8) is 0 Å². The third kappa shape index (κ3) is 1.81. The number of aromatic hydroxyl groups is 2. The van der Waals surface area contributed by atoms with E-state index in [-0.39, 0.29) is 34.9 Å². The van der Waals surface area contributed by atoms with Gasteiger partial charge in [0.1, 0.15) is 0 Å². The summed E-state index contributed by atoms with van der Waals surface area (Å²) in [6.07, 6.45) is 2.65. The van der Waals surface area contributed by atoms with E-state index >= 15 is 0 Å². The minimum absolute atomic E-state index is 0.0278. The summed E-state index contributed by atoms with van der Waals surface area (Å²) in [5, 5.41) is 32.3. The van der Waals surface area contributed by atoms with Crippen LogP contribution in [0.5, 0.6) is 11.5 Å². The van der Waals surface area contributed by atoms with Gasteiger partial charge in [0.05, 0.1) is 11.5 Å². The third-order valence-corrected chi connectivity index (χ3v) is 6.93. The van der Waals surface area contributed by atoms with Crippen molar-refractivity contribution in [3.05, 3.63) is 22.8 Å². The van der Waals surface area contributed by atoms with Gasteiger partial charge in [-0.05, 0) is 48.1 Å². The molecule has 24 heavy (non-hydrogen) atoms. The summed E-state index contributed by atoms with van der Waals surface area (Å²) < 4.78 is 5.96. The van der Waals surface area contributed by atoms with Crippen LogP contribution in [-0.2, 0) is 10.2 Å². The highest BCUT2D eigenvalue weighted by Crippen LogP contribution is 2.67. The Hall–Kier alpha value is -1.26. The number of phenols is 2. The molecule has 1 spiro atoms. The molecule has 0 amide bonds. The van der Waals surface area contributed by atoms with Crippen LogP contribution in [0.1, 0.15) is 82.1 Å². The number of ether oxygens (including phenoxy) is 1. The van der Waals surface area contributed by atoms with E-state index < -0.39 is 11.7 Å². The zero-order valence-electron chi connectivity index (χ0n) is 15.0. The molecule has 5 rings (SSSR count). The molecular weight excluding hydrogens is 304 g/mol. The molecule has 4 atom stereocenters. The Morgan fingerprint density at radius 3 is 2.54 bits per heavy atom. The second-order valence-electron chi connectivity index (χ2n) is 8.93. The lowest BCUT2D eigenvalue weighted by atomic mass is 9.47. The molecule has 3 N–H and O–H groups in total. The number of hydrogen-bond acceptors (Lipinski definition) is 4. The summed E-state index contributed by atoms with van der Waals surface area (Å²) in [5.41, 5.74) is 1.94. The Balaban J connectivity index is 2.01. The monoisotopic (exact) mass is 332 g/mol. The largest absolute Gasteiger partial charge is 0.504 e. The van der Waals surface area contributed by atoms with Crippen molar-refractivity contribution >= 4 is 0 Å². The summed E-state index contributed by atoms with van der Waals surface area (Å²) in [4.78, 5) is 0. The topological polar surface area (TPSA) is 69.9 Å². The highest BCUT2D eigenvalue weighted by molar-refractivity contribution is 5.61. The molecule has 4 nitrogen and oxygen atoms in total. The zero-order chi connectivity index (χ0) is 17.4. The van der Waals surface area contributed by atoms with Gasteiger partial charge < -0.3 is 20.1 Å². The van der Waals surface area contributed by atoms with Crippen molar-refractivity contribution in [2.75, 3.05) is 0 Å².